The molecule has 3 aromatic rings. The Labute approximate surface area is 247 Å². The van der Waals surface area contributed by atoms with Crippen molar-refractivity contribution in [2.45, 2.75) is 70.0 Å². The van der Waals surface area contributed by atoms with Gasteiger partial charge in [-0.1, -0.05) is 42.5 Å². The van der Waals surface area contributed by atoms with Crippen LogP contribution in [0.15, 0.2) is 67.1 Å². The smallest absolute Gasteiger partial charge is 0.253 e. The first-order valence-corrected chi connectivity index (χ1v) is 14.5. The Morgan fingerprint density at radius 3 is 2.31 bits per heavy atom. The molecule has 10 nitrogen and oxygen atoms in total. The molecule has 2 aromatic carbocycles. The van der Waals surface area contributed by atoms with Crippen molar-refractivity contribution >= 4 is 23.5 Å². The third kappa shape index (κ3) is 7.17. The average molecular weight is 575 g/mol. The van der Waals surface area contributed by atoms with Gasteiger partial charge in [0, 0.05) is 19.3 Å². The standard InChI is InChI=1S/C32H42N6O4/c1-31(2,33)29(40)35-26(14-10-13-23-11-6-5-7-12-23)28(39)36-27-21-38(22-34-27)32(3,30(41)37-19-8-9-20-37)24-15-17-25(42-4)18-16-24/h5-7,11-12,15-18,21-22,26H,8-10,13-14,19-20,33H2,1-4H3,(H,35,40)(H,36,39)/t26-,32-/m0/s1. The number of benzene rings is 2. The number of hydrogen-bond donors (Lipinski definition) is 3. The number of methoxy groups -OCH3 is 1. The Kier molecular flexibility index (Phi) is 9.67. The van der Waals surface area contributed by atoms with E-state index in [1.54, 1.807) is 38.0 Å². The molecule has 0 aliphatic carbocycles. The lowest BCUT2D eigenvalue weighted by molar-refractivity contribution is -0.137. The molecule has 1 fully saturated rings. The number of aryl methyl sites for hydroxylation is 1. The SMILES string of the molecule is COc1ccc([C@@](C)(C(=O)N2CCCC2)n2cnc(NC(=O)[C@H](CCCc3ccccc3)NC(=O)C(C)(C)N)c2)cc1. The lowest BCUT2D eigenvalue weighted by atomic mass is 9.90. The molecule has 0 saturated carbocycles. The Balaban J connectivity index is 1.55. The monoisotopic (exact) mass is 574 g/mol. The summed E-state index contributed by atoms with van der Waals surface area (Å²) in [6, 6.07) is 16.6. The van der Waals surface area contributed by atoms with Gasteiger partial charge in [-0.2, -0.15) is 0 Å². The fourth-order valence-electron chi connectivity index (χ4n) is 5.14. The topological polar surface area (TPSA) is 132 Å². The average Bonchev–Trinajstić information content (AvgIpc) is 3.69. The molecule has 3 amide bonds. The quantitative estimate of drug-likeness (QED) is 0.304. The number of nitrogens with two attached hydrogens (primary N) is 1. The molecule has 0 spiro atoms. The second-order valence-electron chi connectivity index (χ2n) is 11.6. The number of amides is 3. The summed E-state index contributed by atoms with van der Waals surface area (Å²) in [4.78, 5) is 46.4. The molecule has 2 heterocycles. The van der Waals surface area contributed by atoms with Crippen molar-refractivity contribution in [2.75, 3.05) is 25.5 Å². The highest BCUT2D eigenvalue weighted by Gasteiger charge is 2.41. The summed E-state index contributed by atoms with van der Waals surface area (Å²) in [6.45, 7) is 6.45. The lowest BCUT2D eigenvalue weighted by Crippen LogP contribution is -2.54. The molecule has 10 heteroatoms. The molecule has 0 radical (unpaired) electrons. The van der Waals surface area contributed by atoms with Crippen LogP contribution in [0.3, 0.4) is 0 Å². The van der Waals surface area contributed by atoms with Gasteiger partial charge in [0.15, 0.2) is 5.82 Å². The number of ether oxygens (including phenoxy) is 1. The summed E-state index contributed by atoms with van der Waals surface area (Å²) in [5, 5.41) is 5.66. The van der Waals surface area contributed by atoms with Crippen LogP contribution >= 0.6 is 0 Å². The van der Waals surface area contributed by atoms with Gasteiger partial charge in [-0.3, -0.25) is 14.4 Å². The third-order valence-electron chi connectivity index (χ3n) is 7.82. The number of hydrogen-bond acceptors (Lipinski definition) is 6. The largest absolute Gasteiger partial charge is 0.497 e. The Morgan fingerprint density at radius 1 is 1.02 bits per heavy atom. The maximum Gasteiger partial charge on any atom is 0.253 e. The lowest BCUT2D eigenvalue weighted by Gasteiger charge is -2.34. The minimum atomic E-state index is -1.14. The van der Waals surface area contributed by atoms with Crippen LogP contribution in [-0.4, -0.2) is 64.0 Å². The van der Waals surface area contributed by atoms with Crippen LogP contribution in [0.25, 0.3) is 0 Å². The number of likely N-dealkylation sites (tertiary alicyclic amines) is 1. The van der Waals surface area contributed by atoms with Gasteiger partial charge in [-0.15, -0.1) is 0 Å². The van der Waals surface area contributed by atoms with Crippen LogP contribution < -0.4 is 21.1 Å². The van der Waals surface area contributed by atoms with Crippen molar-refractivity contribution in [3.05, 3.63) is 78.2 Å². The highest BCUT2D eigenvalue weighted by atomic mass is 16.5. The molecule has 1 aromatic heterocycles. The fourth-order valence-corrected chi connectivity index (χ4v) is 5.14. The van der Waals surface area contributed by atoms with Crippen LogP contribution in [0.5, 0.6) is 5.75 Å². The maximum atomic E-state index is 13.9. The van der Waals surface area contributed by atoms with Crippen LogP contribution in [-0.2, 0) is 26.3 Å². The van der Waals surface area contributed by atoms with E-state index in [0.29, 0.717) is 31.7 Å². The van der Waals surface area contributed by atoms with Gasteiger partial charge < -0.3 is 30.6 Å². The summed E-state index contributed by atoms with van der Waals surface area (Å²) < 4.78 is 7.05. The number of carbonyl (C=O) groups excluding carboxylic acids is 3. The van der Waals surface area contributed by atoms with Crippen LogP contribution in [0.1, 0.15) is 57.6 Å². The van der Waals surface area contributed by atoms with Gasteiger partial charge in [0.05, 0.1) is 19.0 Å². The van der Waals surface area contributed by atoms with E-state index in [1.165, 1.54) is 0 Å². The van der Waals surface area contributed by atoms with Crippen molar-refractivity contribution in [3.8, 4) is 5.75 Å². The molecule has 224 valence electrons. The molecule has 0 bridgehead atoms. The minimum absolute atomic E-state index is 0.0447. The number of rotatable bonds is 12. The van der Waals surface area contributed by atoms with Crippen molar-refractivity contribution in [2.24, 2.45) is 5.73 Å². The van der Waals surface area contributed by atoms with Crippen molar-refractivity contribution in [1.29, 1.82) is 0 Å². The maximum absolute atomic E-state index is 13.9. The van der Waals surface area contributed by atoms with Crippen molar-refractivity contribution in [3.63, 3.8) is 0 Å². The van der Waals surface area contributed by atoms with Gasteiger partial charge in [0.2, 0.25) is 11.8 Å². The third-order valence-corrected chi connectivity index (χ3v) is 7.82. The molecule has 2 atom stereocenters. The summed E-state index contributed by atoms with van der Waals surface area (Å²) in [6.07, 6.45) is 7.01. The molecule has 42 heavy (non-hydrogen) atoms. The predicted molar refractivity (Wildman–Crippen MR) is 162 cm³/mol. The molecule has 1 saturated heterocycles. The summed E-state index contributed by atoms with van der Waals surface area (Å²) in [5.41, 5.74) is 5.68. The fraction of sp³-hybridized carbons (Fsp3) is 0.438. The number of imidazole rings is 1. The zero-order valence-corrected chi connectivity index (χ0v) is 24.9. The van der Waals surface area contributed by atoms with E-state index >= 15 is 0 Å². The number of carbonyl (C=O) groups is 3. The molecular weight excluding hydrogens is 532 g/mol. The first kappa shape index (κ1) is 30.8. The molecule has 4 rings (SSSR count). The molecule has 1 aliphatic rings. The van der Waals surface area contributed by atoms with E-state index in [-0.39, 0.29) is 11.7 Å². The Morgan fingerprint density at radius 2 is 1.69 bits per heavy atom. The van der Waals surface area contributed by atoms with E-state index in [2.05, 4.69) is 15.6 Å². The van der Waals surface area contributed by atoms with E-state index in [9.17, 15) is 14.4 Å². The van der Waals surface area contributed by atoms with E-state index in [4.69, 9.17) is 10.5 Å². The molecule has 4 N–H and O–H groups in total. The normalized spacial score (nSPS) is 15.5. The highest BCUT2D eigenvalue weighted by Crippen LogP contribution is 2.32. The number of nitrogens with one attached hydrogen (secondary N) is 2. The van der Waals surface area contributed by atoms with Gasteiger partial charge in [-0.05, 0) is 76.1 Å². The van der Waals surface area contributed by atoms with Crippen LogP contribution in [0, 0.1) is 0 Å². The second kappa shape index (κ2) is 13.2. The first-order valence-electron chi connectivity index (χ1n) is 14.5. The zero-order chi connectivity index (χ0) is 30.3. The number of anilines is 1. The zero-order valence-electron chi connectivity index (χ0n) is 24.9. The molecule has 0 unspecified atom stereocenters. The summed E-state index contributed by atoms with van der Waals surface area (Å²) in [7, 11) is 1.60. The van der Waals surface area contributed by atoms with E-state index in [0.717, 1.165) is 30.4 Å². The Hall–Kier alpha value is -4.18. The van der Waals surface area contributed by atoms with Gasteiger partial charge in [0.25, 0.3) is 5.91 Å². The first-order chi connectivity index (χ1) is 20.0. The molecule has 1 aliphatic heterocycles. The Bertz CT molecular complexity index is 1360. The van der Waals surface area contributed by atoms with E-state index in [1.807, 2.05) is 66.4 Å². The number of nitrogens with zero attached hydrogens (tertiary/aromatic N) is 3. The summed E-state index contributed by atoms with van der Waals surface area (Å²) in [5.74, 6) is 0.105. The molecular formula is C32H42N6O4. The van der Waals surface area contributed by atoms with Gasteiger partial charge in [0.1, 0.15) is 17.3 Å². The van der Waals surface area contributed by atoms with Crippen molar-refractivity contribution < 1.29 is 19.1 Å². The van der Waals surface area contributed by atoms with E-state index < -0.39 is 28.9 Å². The number of aromatic nitrogens is 2. The van der Waals surface area contributed by atoms with Crippen molar-refractivity contribution in [1.82, 2.24) is 19.8 Å². The summed E-state index contributed by atoms with van der Waals surface area (Å²) >= 11 is 0. The predicted octanol–water partition coefficient (Wildman–Crippen LogP) is 3.46. The van der Waals surface area contributed by atoms with Gasteiger partial charge >= 0.3 is 0 Å². The van der Waals surface area contributed by atoms with Gasteiger partial charge in [-0.25, -0.2) is 4.98 Å². The van der Waals surface area contributed by atoms with Crippen LogP contribution in [0.2, 0.25) is 0 Å². The van der Waals surface area contributed by atoms with Crippen LogP contribution in [0.4, 0.5) is 5.82 Å². The second-order valence-corrected chi connectivity index (χ2v) is 11.6. The minimum Gasteiger partial charge on any atom is -0.497 e. The highest BCUT2D eigenvalue weighted by molar-refractivity contribution is 5.98.